The van der Waals surface area contributed by atoms with E-state index in [1.807, 2.05) is 12.1 Å². The number of benzene rings is 1. The van der Waals surface area contributed by atoms with Crippen LogP contribution in [0.5, 0.6) is 5.75 Å². The van der Waals surface area contributed by atoms with Gasteiger partial charge in [0.25, 0.3) is 5.91 Å². The number of nitrogens with one attached hydrogen (secondary N) is 1. The molecule has 1 atom stereocenters. The van der Waals surface area contributed by atoms with Crippen LogP contribution in [-0.2, 0) is 11.2 Å². The predicted octanol–water partition coefficient (Wildman–Crippen LogP) is 2.35. The van der Waals surface area contributed by atoms with Crippen molar-refractivity contribution in [1.82, 2.24) is 9.88 Å². The monoisotopic (exact) mass is 395 g/mol. The molecular formula is C21H21N3O5. The van der Waals surface area contributed by atoms with Gasteiger partial charge in [0, 0.05) is 24.8 Å². The van der Waals surface area contributed by atoms with Crippen molar-refractivity contribution in [2.45, 2.75) is 31.7 Å². The number of rotatable bonds is 4. The topological polar surface area (TPSA) is 109 Å². The number of amides is 2. The maximum atomic E-state index is 13.0. The molecule has 0 saturated carbocycles. The van der Waals surface area contributed by atoms with Crippen molar-refractivity contribution < 1.29 is 24.2 Å². The predicted molar refractivity (Wildman–Crippen MR) is 104 cm³/mol. The van der Waals surface area contributed by atoms with E-state index >= 15 is 0 Å². The number of anilines is 1. The Kier molecular flexibility index (Phi) is 5.16. The number of piperidine rings is 1. The number of hydrogen-bond donors (Lipinski definition) is 2. The molecule has 8 heteroatoms. The molecule has 0 aliphatic carbocycles. The number of aromatic nitrogens is 1. The van der Waals surface area contributed by atoms with Gasteiger partial charge < -0.3 is 20.1 Å². The van der Waals surface area contributed by atoms with Crippen LogP contribution in [0, 0.1) is 0 Å². The lowest BCUT2D eigenvalue weighted by Crippen LogP contribution is -2.50. The molecule has 1 aromatic heterocycles. The fraction of sp³-hybridized carbons (Fsp3) is 0.333. The summed E-state index contributed by atoms with van der Waals surface area (Å²) in [6.45, 7) is 1.06. The maximum Gasteiger partial charge on any atom is 0.335 e. The number of carbonyl (C=O) groups excluding carboxylic acids is 2. The largest absolute Gasteiger partial charge is 0.493 e. The summed E-state index contributed by atoms with van der Waals surface area (Å²) in [6, 6.07) is 7.47. The van der Waals surface area contributed by atoms with E-state index < -0.39 is 17.9 Å². The van der Waals surface area contributed by atoms with Gasteiger partial charge in [0.1, 0.15) is 17.5 Å². The zero-order valence-corrected chi connectivity index (χ0v) is 15.8. The summed E-state index contributed by atoms with van der Waals surface area (Å²) in [7, 11) is 0. The van der Waals surface area contributed by atoms with Gasteiger partial charge in [-0.3, -0.25) is 14.6 Å². The third-order valence-corrected chi connectivity index (χ3v) is 5.25. The Morgan fingerprint density at radius 1 is 1.17 bits per heavy atom. The lowest BCUT2D eigenvalue weighted by Gasteiger charge is -2.34. The first-order chi connectivity index (χ1) is 14.0. The molecule has 1 saturated heterocycles. The Morgan fingerprint density at radius 3 is 2.86 bits per heavy atom. The minimum atomic E-state index is -1.13. The summed E-state index contributed by atoms with van der Waals surface area (Å²) in [6.07, 6.45) is 4.26. The average Bonchev–Trinajstić information content (AvgIpc) is 3.21. The number of carbonyl (C=O) groups is 3. The van der Waals surface area contributed by atoms with Crippen LogP contribution in [0.4, 0.5) is 5.69 Å². The molecule has 4 rings (SSSR count). The Bertz CT molecular complexity index is 975. The first-order valence-corrected chi connectivity index (χ1v) is 9.60. The quantitative estimate of drug-likeness (QED) is 0.823. The molecule has 2 amide bonds. The highest BCUT2D eigenvalue weighted by molar-refractivity contribution is 6.01. The van der Waals surface area contributed by atoms with E-state index in [1.54, 1.807) is 6.07 Å². The third-order valence-electron chi connectivity index (χ3n) is 5.25. The Morgan fingerprint density at radius 2 is 2.03 bits per heavy atom. The third kappa shape index (κ3) is 3.91. The van der Waals surface area contributed by atoms with E-state index in [0.717, 1.165) is 30.6 Å². The summed E-state index contributed by atoms with van der Waals surface area (Å²) in [4.78, 5) is 42.6. The van der Waals surface area contributed by atoms with Crippen molar-refractivity contribution in [3.63, 3.8) is 0 Å². The minimum Gasteiger partial charge on any atom is -0.493 e. The fourth-order valence-corrected chi connectivity index (χ4v) is 3.76. The number of nitrogens with zero attached hydrogens (tertiary/aromatic N) is 2. The van der Waals surface area contributed by atoms with Crippen LogP contribution in [0.25, 0.3) is 0 Å². The fourth-order valence-electron chi connectivity index (χ4n) is 3.76. The Hall–Kier alpha value is -3.42. The summed E-state index contributed by atoms with van der Waals surface area (Å²) in [5.74, 6) is -0.988. The van der Waals surface area contributed by atoms with Crippen LogP contribution in [0.1, 0.15) is 45.7 Å². The van der Waals surface area contributed by atoms with Gasteiger partial charge in [-0.25, -0.2) is 4.79 Å². The van der Waals surface area contributed by atoms with E-state index in [-0.39, 0.29) is 17.2 Å². The molecule has 8 nitrogen and oxygen atoms in total. The Balaban J connectivity index is 1.52. The second kappa shape index (κ2) is 7.90. The molecule has 2 aliphatic heterocycles. The highest BCUT2D eigenvalue weighted by Crippen LogP contribution is 2.28. The van der Waals surface area contributed by atoms with Crippen LogP contribution < -0.4 is 10.1 Å². The van der Waals surface area contributed by atoms with E-state index in [0.29, 0.717) is 25.3 Å². The zero-order valence-electron chi connectivity index (χ0n) is 15.8. The second-order valence-corrected chi connectivity index (χ2v) is 7.16. The summed E-state index contributed by atoms with van der Waals surface area (Å²) in [5, 5.41) is 12.1. The highest BCUT2D eigenvalue weighted by atomic mass is 16.5. The second-order valence-electron chi connectivity index (χ2n) is 7.16. The molecule has 0 bridgehead atoms. The standard InChI is InChI=1S/C21H21N3O5/c25-19(23-15-4-5-18-13(11-15)7-10-29-18)17-3-1-2-9-24(17)20(26)16-12-14(21(27)28)6-8-22-16/h4-6,8,11-12,17H,1-3,7,9-10H2,(H,23,25)(H,27,28). The molecule has 3 heterocycles. The van der Waals surface area contributed by atoms with Gasteiger partial charge in [-0.1, -0.05) is 0 Å². The van der Waals surface area contributed by atoms with Crippen LogP contribution in [0.15, 0.2) is 36.5 Å². The molecule has 1 fully saturated rings. The maximum absolute atomic E-state index is 13.0. The molecule has 150 valence electrons. The molecule has 2 N–H and O–H groups in total. The van der Waals surface area contributed by atoms with Gasteiger partial charge in [-0.05, 0) is 55.2 Å². The van der Waals surface area contributed by atoms with E-state index in [4.69, 9.17) is 9.84 Å². The number of fused-ring (bicyclic) bond motifs is 1. The molecule has 2 aromatic rings. The number of ether oxygens (including phenoxy) is 1. The summed E-state index contributed by atoms with van der Waals surface area (Å²) >= 11 is 0. The van der Waals surface area contributed by atoms with Crippen molar-refractivity contribution in [2.24, 2.45) is 0 Å². The van der Waals surface area contributed by atoms with Crippen molar-refractivity contribution in [2.75, 3.05) is 18.5 Å². The van der Waals surface area contributed by atoms with Gasteiger partial charge in [-0.15, -0.1) is 0 Å². The molecule has 2 aliphatic rings. The average molecular weight is 395 g/mol. The van der Waals surface area contributed by atoms with E-state index in [1.165, 1.54) is 23.2 Å². The number of aromatic carboxylic acids is 1. The first kappa shape index (κ1) is 18.9. The number of likely N-dealkylation sites (tertiary alicyclic amines) is 1. The van der Waals surface area contributed by atoms with Crippen LogP contribution in [0.3, 0.4) is 0 Å². The van der Waals surface area contributed by atoms with Gasteiger partial charge in [0.15, 0.2) is 0 Å². The number of carboxylic acid groups (broad SMARTS) is 1. The van der Waals surface area contributed by atoms with Crippen molar-refractivity contribution in [1.29, 1.82) is 0 Å². The summed E-state index contributed by atoms with van der Waals surface area (Å²) in [5.41, 5.74) is 1.73. The molecule has 1 unspecified atom stereocenters. The molecular weight excluding hydrogens is 374 g/mol. The SMILES string of the molecule is O=C(O)c1ccnc(C(=O)N2CCCCC2C(=O)Nc2ccc3c(c2)CCO3)c1. The smallest absolute Gasteiger partial charge is 0.335 e. The van der Waals surface area contributed by atoms with Crippen molar-refractivity contribution in [3.8, 4) is 5.75 Å². The molecule has 0 spiro atoms. The number of carboxylic acids is 1. The normalized spacial score (nSPS) is 17.9. The first-order valence-electron chi connectivity index (χ1n) is 9.60. The lowest BCUT2D eigenvalue weighted by atomic mass is 10.00. The highest BCUT2D eigenvalue weighted by Gasteiger charge is 2.33. The van der Waals surface area contributed by atoms with Crippen LogP contribution in [-0.4, -0.2) is 52.0 Å². The molecule has 0 radical (unpaired) electrons. The zero-order chi connectivity index (χ0) is 20.4. The van der Waals surface area contributed by atoms with Crippen molar-refractivity contribution in [3.05, 3.63) is 53.3 Å². The molecule has 29 heavy (non-hydrogen) atoms. The van der Waals surface area contributed by atoms with Gasteiger partial charge in [0.2, 0.25) is 5.91 Å². The van der Waals surface area contributed by atoms with Gasteiger partial charge in [-0.2, -0.15) is 0 Å². The van der Waals surface area contributed by atoms with E-state index in [9.17, 15) is 14.4 Å². The van der Waals surface area contributed by atoms with Crippen LogP contribution in [0.2, 0.25) is 0 Å². The number of hydrogen-bond acceptors (Lipinski definition) is 5. The minimum absolute atomic E-state index is 0.0123. The lowest BCUT2D eigenvalue weighted by molar-refractivity contribution is -0.121. The molecule has 1 aromatic carbocycles. The Labute approximate surface area is 167 Å². The van der Waals surface area contributed by atoms with Crippen LogP contribution >= 0.6 is 0 Å². The van der Waals surface area contributed by atoms with Gasteiger partial charge in [0.05, 0.1) is 12.2 Å². The summed E-state index contributed by atoms with van der Waals surface area (Å²) < 4.78 is 5.48. The van der Waals surface area contributed by atoms with Crippen molar-refractivity contribution >= 4 is 23.5 Å². The van der Waals surface area contributed by atoms with Gasteiger partial charge >= 0.3 is 5.97 Å². The number of pyridine rings is 1. The van der Waals surface area contributed by atoms with E-state index in [2.05, 4.69) is 10.3 Å².